The van der Waals surface area contributed by atoms with Crippen LogP contribution < -0.4 is 4.74 Å². The summed E-state index contributed by atoms with van der Waals surface area (Å²) in [4.78, 5) is 11.4. The van der Waals surface area contributed by atoms with Gasteiger partial charge in [0.05, 0.1) is 5.69 Å². The molecule has 116 valence electrons. The third kappa shape index (κ3) is 3.21. The molecule has 0 saturated carbocycles. The summed E-state index contributed by atoms with van der Waals surface area (Å²) < 4.78 is 7.18. The van der Waals surface area contributed by atoms with Crippen LogP contribution in [0.2, 0.25) is 0 Å². The van der Waals surface area contributed by atoms with Crippen molar-refractivity contribution in [3.05, 3.63) is 71.5 Å². The minimum atomic E-state index is -1.13. The Morgan fingerprint density at radius 2 is 1.83 bits per heavy atom. The van der Waals surface area contributed by atoms with E-state index in [1.54, 1.807) is 0 Å². The number of hydrogen-bond acceptors (Lipinski definition) is 4. The van der Waals surface area contributed by atoms with Crippen molar-refractivity contribution in [3.63, 3.8) is 0 Å². The van der Waals surface area contributed by atoms with Crippen LogP contribution in [0.1, 0.15) is 21.7 Å². The van der Waals surface area contributed by atoms with Gasteiger partial charge in [0.15, 0.2) is 5.69 Å². The molecule has 3 aromatic rings. The average molecular weight is 309 g/mol. The second-order valence-electron chi connectivity index (χ2n) is 5.04. The van der Waals surface area contributed by atoms with E-state index in [1.807, 2.05) is 61.5 Å². The average Bonchev–Trinajstić information content (AvgIpc) is 2.99. The van der Waals surface area contributed by atoms with Crippen LogP contribution >= 0.6 is 0 Å². The van der Waals surface area contributed by atoms with E-state index in [1.165, 1.54) is 4.68 Å². The summed E-state index contributed by atoms with van der Waals surface area (Å²) in [5.74, 6) is -0.470. The summed E-state index contributed by atoms with van der Waals surface area (Å²) in [5.41, 5.74) is 2.14. The number of rotatable bonds is 5. The number of hydrogen-bond donors (Lipinski definition) is 1. The monoisotopic (exact) mass is 309 g/mol. The fourth-order valence-electron chi connectivity index (χ4n) is 2.16. The highest BCUT2D eigenvalue weighted by molar-refractivity contribution is 5.86. The maximum absolute atomic E-state index is 11.4. The number of carbonyl (C=O) groups is 1. The number of para-hydroxylation sites is 1. The van der Waals surface area contributed by atoms with Crippen molar-refractivity contribution in [2.45, 2.75) is 13.5 Å². The quantitative estimate of drug-likeness (QED) is 0.784. The molecule has 0 aliphatic heterocycles. The summed E-state index contributed by atoms with van der Waals surface area (Å²) in [5, 5.41) is 17.0. The van der Waals surface area contributed by atoms with Gasteiger partial charge in [-0.2, -0.15) is 0 Å². The zero-order valence-corrected chi connectivity index (χ0v) is 12.5. The van der Waals surface area contributed by atoms with Gasteiger partial charge in [-0.05, 0) is 31.2 Å². The van der Waals surface area contributed by atoms with Crippen LogP contribution in [0.4, 0.5) is 0 Å². The van der Waals surface area contributed by atoms with Gasteiger partial charge in [-0.1, -0.05) is 41.1 Å². The Bertz CT molecular complexity index is 811. The Hall–Kier alpha value is -3.15. The van der Waals surface area contributed by atoms with Crippen LogP contribution in [0.25, 0.3) is 5.69 Å². The Morgan fingerprint density at radius 3 is 2.48 bits per heavy atom. The van der Waals surface area contributed by atoms with Gasteiger partial charge in [-0.3, -0.25) is 0 Å². The maximum atomic E-state index is 11.4. The maximum Gasteiger partial charge on any atom is 0.358 e. The standard InChI is InChI=1S/C17H15N3O3/c1-12-7-9-14(10-8-12)23-11-15-16(17(21)22)18-19-20(15)13-5-3-2-4-6-13/h2-10H,11H2,1H3,(H,21,22). The molecular weight excluding hydrogens is 294 g/mol. The molecule has 0 fully saturated rings. The van der Waals surface area contributed by atoms with Crippen molar-refractivity contribution < 1.29 is 14.6 Å². The Balaban J connectivity index is 1.91. The summed E-state index contributed by atoms with van der Waals surface area (Å²) in [6, 6.07) is 16.8. The molecule has 0 aliphatic carbocycles. The van der Waals surface area contributed by atoms with Gasteiger partial charge in [0, 0.05) is 0 Å². The van der Waals surface area contributed by atoms with Crippen LogP contribution in [0.3, 0.4) is 0 Å². The lowest BCUT2D eigenvalue weighted by Gasteiger charge is -2.09. The molecule has 6 heteroatoms. The smallest absolute Gasteiger partial charge is 0.358 e. The van der Waals surface area contributed by atoms with Crippen molar-refractivity contribution in [1.29, 1.82) is 0 Å². The van der Waals surface area contributed by atoms with Crippen LogP contribution in [0, 0.1) is 6.92 Å². The van der Waals surface area contributed by atoms with Crippen molar-refractivity contribution in [2.75, 3.05) is 0 Å². The van der Waals surface area contributed by atoms with Gasteiger partial charge in [0.1, 0.15) is 18.1 Å². The van der Waals surface area contributed by atoms with Gasteiger partial charge in [-0.15, -0.1) is 5.10 Å². The summed E-state index contributed by atoms with van der Waals surface area (Å²) in [6.07, 6.45) is 0. The number of carboxylic acid groups (broad SMARTS) is 1. The molecule has 0 aliphatic rings. The predicted octanol–water partition coefficient (Wildman–Crippen LogP) is 2.85. The number of ether oxygens (including phenoxy) is 1. The summed E-state index contributed by atoms with van der Waals surface area (Å²) in [6.45, 7) is 2.05. The molecule has 1 aromatic heterocycles. The van der Waals surface area contributed by atoms with Crippen LogP contribution in [0.5, 0.6) is 5.75 Å². The van der Waals surface area contributed by atoms with Gasteiger partial charge in [0.2, 0.25) is 0 Å². The molecule has 6 nitrogen and oxygen atoms in total. The molecule has 3 rings (SSSR count). The molecule has 0 saturated heterocycles. The molecule has 0 atom stereocenters. The van der Waals surface area contributed by atoms with Gasteiger partial charge in [0.25, 0.3) is 0 Å². The highest BCUT2D eigenvalue weighted by Crippen LogP contribution is 2.17. The van der Waals surface area contributed by atoms with Crippen molar-refractivity contribution in [2.24, 2.45) is 0 Å². The Kier molecular flexibility index (Phi) is 4.05. The molecule has 1 heterocycles. The lowest BCUT2D eigenvalue weighted by Crippen LogP contribution is -2.10. The van der Waals surface area contributed by atoms with E-state index in [0.717, 1.165) is 11.3 Å². The summed E-state index contributed by atoms with van der Waals surface area (Å²) in [7, 11) is 0. The predicted molar refractivity (Wildman–Crippen MR) is 83.8 cm³/mol. The molecule has 23 heavy (non-hydrogen) atoms. The molecule has 1 N–H and O–H groups in total. The van der Waals surface area contributed by atoms with Gasteiger partial charge < -0.3 is 9.84 Å². The second kappa shape index (κ2) is 6.31. The van der Waals surface area contributed by atoms with E-state index >= 15 is 0 Å². The first-order chi connectivity index (χ1) is 11.1. The molecule has 0 unspecified atom stereocenters. The highest BCUT2D eigenvalue weighted by atomic mass is 16.5. The Labute approximate surface area is 133 Å². The van der Waals surface area contributed by atoms with Crippen LogP contribution in [-0.2, 0) is 6.61 Å². The van der Waals surface area contributed by atoms with E-state index in [-0.39, 0.29) is 12.3 Å². The first kappa shape index (κ1) is 14.8. The molecule has 0 spiro atoms. The molecule has 0 radical (unpaired) electrons. The van der Waals surface area contributed by atoms with E-state index < -0.39 is 5.97 Å². The Morgan fingerprint density at radius 1 is 1.13 bits per heavy atom. The number of benzene rings is 2. The second-order valence-corrected chi connectivity index (χ2v) is 5.04. The van der Waals surface area contributed by atoms with Crippen molar-refractivity contribution >= 4 is 5.97 Å². The minimum absolute atomic E-state index is 0.0621. The minimum Gasteiger partial charge on any atom is -0.487 e. The molecule has 0 amide bonds. The summed E-state index contributed by atoms with van der Waals surface area (Å²) >= 11 is 0. The lowest BCUT2D eigenvalue weighted by molar-refractivity contribution is 0.0687. The van der Waals surface area contributed by atoms with Gasteiger partial charge >= 0.3 is 5.97 Å². The first-order valence-electron chi connectivity index (χ1n) is 7.08. The highest BCUT2D eigenvalue weighted by Gasteiger charge is 2.20. The number of carboxylic acids is 1. The third-order valence-electron chi connectivity index (χ3n) is 3.36. The molecule has 2 aromatic carbocycles. The third-order valence-corrected chi connectivity index (χ3v) is 3.36. The fraction of sp³-hybridized carbons (Fsp3) is 0.118. The molecular formula is C17H15N3O3. The lowest BCUT2D eigenvalue weighted by atomic mass is 10.2. The van der Waals surface area contributed by atoms with E-state index in [9.17, 15) is 9.90 Å². The largest absolute Gasteiger partial charge is 0.487 e. The zero-order valence-electron chi connectivity index (χ0n) is 12.5. The van der Waals surface area contributed by atoms with Crippen molar-refractivity contribution in [3.8, 4) is 11.4 Å². The normalized spacial score (nSPS) is 10.5. The number of nitrogens with zero attached hydrogens (tertiary/aromatic N) is 3. The van der Waals surface area contributed by atoms with E-state index in [0.29, 0.717) is 11.4 Å². The first-order valence-corrected chi connectivity index (χ1v) is 7.08. The SMILES string of the molecule is Cc1ccc(OCc2c(C(=O)O)nnn2-c2ccccc2)cc1. The number of aryl methyl sites for hydroxylation is 1. The zero-order chi connectivity index (χ0) is 16.2. The van der Waals surface area contributed by atoms with Gasteiger partial charge in [-0.25, -0.2) is 9.48 Å². The number of aromatic carboxylic acids is 1. The van der Waals surface area contributed by atoms with Crippen LogP contribution in [0.15, 0.2) is 54.6 Å². The topological polar surface area (TPSA) is 77.2 Å². The van der Waals surface area contributed by atoms with Crippen LogP contribution in [-0.4, -0.2) is 26.1 Å². The van der Waals surface area contributed by atoms with E-state index in [2.05, 4.69) is 10.3 Å². The fourth-order valence-corrected chi connectivity index (χ4v) is 2.16. The molecule has 0 bridgehead atoms. The van der Waals surface area contributed by atoms with Crippen molar-refractivity contribution in [1.82, 2.24) is 15.0 Å². The number of aromatic nitrogens is 3. The van der Waals surface area contributed by atoms with E-state index in [4.69, 9.17) is 4.74 Å².